The summed E-state index contributed by atoms with van der Waals surface area (Å²) >= 11 is 1.43. The van der Waals surface area contributed by atoms with E-state index >= 15 is 0 Å². The predicted octanol–water partition coefficient (Wildman–Crippen LogP) is 2.55. The summed E-state index contributed by atoms with van der Waals surface area (Å²) in [5.41, 5.74) is 1.57. The number of hydrogen-bond donors (Lipinski definition) is 1. The number of esters is 1. The van der Waals surface area contributed by atoms with Crippen molar-refractivity contribution in [2.75, 3.05) is 29.6 Å². The Balaban J connectivity index is 1.71. The summed E-state index contributed by atoms with van der Waals surface area (Å²) in [4.78, 5) is 38.6. The highest BCUT2D eigenvalue weighted by atomic mass is 32.2. The number of anilines is 2. The summed E-state index contributed by atoms with van der Waals surface area (Å²) in [6.45, 7) is -0.530. The van der Waals surface area contributed by atoms with Crippen molar-refractivity contribution in [3.63, 3.8) is 0 Å². The lowest BCUT2D eigenvalue weighted by Crippen LogP contribution is -2.44. The SMILES string of the molecule is CSc1ccccc1C(=O)OCC(=O)N1CC(=O)Nc2ccccc21. The van der Waals surface area contributed by atoms with E-state index in [1.54, 1.807) is 36.4 Å². The van der Waals surface area contributed by atoms with E-state index in [4.69, 9.17) is 4.74 Å². The molecule has 0 radical (unpaired) electrons. The van der Waals surface area contributed by atoms with Crippen LogP contribution < -0.4 is 10.2 Å². The van der Waals surface area contributed by atoms with Gasteiger partial charge in [-0.15, -0.1) is 11.8 Å². The molecule has 6 nitrogen and oxygen atoms in total. The van der Waals surface area contributed by atoms with Crippen molar-refractivity contribution < 1.29 is 19.1 Å². The topological polar surface area (TPSA) is 75.7 Å². The first kappa shape index (κ1) is 17.0. The molecule has 1 aliphatic rings. The summed E-state index contributed by atoms with van der Waals surface area (Å²) in [6.07, 6.45) is 1.86. The van der Waals surface area contributed by atoms with Gasteiger partial charge in [0, 0.05) is 4.90 Å². The minimum Gasteiger partial charge on any atom is -0.452 e. The summed E-state index contributed by atoms with van der Waals surface area (Å²) in [5.74, 6) is -1.29. The van der Waals surface area contributed by atoms with Gasteiger partial charge in [0.25, 0.3) is 5.91 Å². The fourth-order valence-corrected chi connectivity index (χ4v) is 3.14. The second kappa shape index (κ2) is 7.40. The molecule has 1 N–H and O–H groups in total. The van der Waals surface area contributed by atoms with E-state index in [1.807, 2.05) is 18.4 Å². The van der Waals surface area contributed by atoms with Crippen LogP contribution in [0.1, 0.15) is 10.4 Å². The molecule has 0 atom stereocenters. The molecule has 0 saturated carbocycles. The Morgan fingerprint density at radius 3 is 2.68 bits per heavy atom. The van der Waals surface area contributed by atoms with Gasteiger partial charge in [-0.2, -0.15) is 0 Å². The largest absolute Gasteiger partial charge is 0.452 e. The lowest BCUT2D eigenvalue weighted by molar-refractivity contribution is -0.124. The number of thioether (sulfide) groups is 1. The number of amides is 2. The van der Waals surface area contributed by atoms with Crippen LogP contribution in [0.4, 0.5) is 11.4 Å². The normalized spacial score (nSPS) is 13.0. The first-order valence-corrected chi connectivity index (χ1v) is 8.82. The molecule has 0 fully saturated rings. The number of nitrogens with one attached hydrogen (secondary N) is 1. The van der Waals surface area contributed by atoms with E-state index < -0.39 is 18.5 Å². The Labute approximate surface area is 149 Å². The zero-order valence-electron chi connectivity index (χ0n) is 13.5. The Kier molecular flexibility index (Phi) is 5.04. The van der Waals surface area contributed by atoms with Crippen LogP contribution in [0.25, 0.3) is 0 Å². The van der Waals surface area contributed by atoms with Crippen molar-refractivity contribution in [3.8, 4) is 0 Å². The molecule has 3 rings (SSSR count). The molecule has 2 aromatic rings. The van der Waals surface area contributed by atoms with Crippen molar-refractivity contribution in [2.24, 2.45) is 0 Å². The molecule has 1 aliphatic heterocycles. The molecule has 128 valence electrons. The van der Waals surface area contributed by atoms with Crippen LogP contribution in [-0.4, -0.2) is 37.2 Å². The summed E-state index contributed by atoms with van der Waals surface area (Å²) in [6, 6.07) is 14.0. The Morgan fingerprint density at radius 1 is 1.16 bits per heavy atom. The van der Waals surface area contributed by atoms with Gasteiger partial charge in [-0.05, 0) is 30.5 Å². The van der Waals surface area contributed by atoms with E-state index in [0.717, 1.165) is 4.90 Å². The Bertz CT molecular complexity index is 837. The molecular formula is C18H16N2O4S. The van der Waals surface area contributed by atoms with Gasteiger partial charge in [-0.1, -0.05) is 24.3 Å². The number of fused-ring (bicyclic) bond motifs is 1. The summed E-state index contributed by atoms with van der Waals surface area (Å²) in [7, 11) is 0. The molecule has 1 heterocycles. The monoisotopic (exact) mass is 356 g/mol. The molecular weight excluding hydrogens is 340 g/mol. The van der Waals surface area contributed by atoms with Gasteiger partial charge < -0.3 is 10.1 Å². The minimum absolute atomic E-state index is 0.102. The van der Waals surface area contributed by atoms with Crippen molar-refractivity contribution in [2.45, 2.75) is 4.90 Å². The molecule has 7 heteroatoms. The van der Waals surface area contributed by atoms with Crippen molar-refractivity contribution in [1.29, 1.82) is 0 Å². The first-order chi connectivity index (χ1) is 12.1. The number of ether oxygens (including phenoxy) is 1. The first-order valence-electron chi connectivity index (χ1n) is 7.59. The molecule has 0 saturated heterocycles. The standard InChI is InChI=1S/C18H16N2O4S/c1-25-15-9-5-2-6-12(15)18(23)24-11-17(22)20-10-16(21)19-13-7-3-4-8-14(13)20/h2-9H,10-11H2,1H3,(H,19,21). The van der Waals surface area contributed by atoms with Gasteiger partial charge in [0.15, 0.2) is 6.61 Å². The summed E-state index contributed by atoms with van der Waals surface area (Å²) in [5, 5.41) is 2.71. The number of para-hydroxylation sites is 2. The lowest BCUT2D eigenvalue weighted by Gasteiger charge is -2.28. The molecule has 0 unspecified atom stereocenters. The van der Waals surface area contributed by atoms with E-state index in [0.29, 0.717) is 16.9 Å². The number of benzene rings is 2. The number of hydrogen-bond acceptors (Lipinski definition) is 5. The van der Waals surface area contributed by atoms with Gasteiger partial charge in [0.2, 0.25) is 5.91 Å². The van der Waals surface area contributed by atoms with Crippen molar-refractivity contribution >= 4 is 40.9 Å². The molecule has 0 spiro atoms. The average Bonchev–Trinajstić information content (AvgIpc) is 2.65. The van der Waals surface area contributed by atoms with E-state index in [2.05, 4.69) is 5.32 Å². The van der Waals surface area contributed by atoms with E-state index in [-0.39, 0.29) is 12.5 Å². The molecule has 0 aliphatic carbocycles. The van der Waals surface area contributed by atoms with Crippen LogP contribution in [0.15, 0.2) is 53.4 Å². The maximum Gasteiger partial charge on any atom is 0.339 e. The smallest absolute Gasteiger partial charge is 0.339 e. The highest BCUT2D eigenvalue weighted by Crippen LogP contribution is 2.29. The van der Waals surface area contributed by atoms with Gasteiger partial charge in [0.1, 0.15) is 6.54 Å². The molecule has 0 bridgehead atoms. The number of carbonyl (C=O) groups excluding carboxylic acids is 3. The van der Waals surface area contributed by atoms with E-state index in [1.165, 1.54) is 16.7 Å². The third-order valence-electron chi connectivity index (χ3n) is 3.73. The third-order valence-corrected chi connectivity index (χ3v) is 4.52. The van der Waals surface area contributed by atoms with Gasteiger partial charge in [0.05, 0.1) is 16.9 Å². The maximum atomic E-state index is 12.5. The second-order valence-corrected chi connectivity index (χ2v) is 6.17. The lowest BCUT2D eigenvalue weighted by atomic mass is 10.2. The van der Waals surface area contributed by atoms with Crippen LogP contribution in [0, 0.1) is 0 Å². The highest BCUT2D eigenvalue weighted by Gasteiger charge is 2.27. The second-order valence-electron chi connectivity index (χ2n) is 5.32. The van der Waals surface area contributed by atoms with Crippen LogP contribution in [0.3, 0.4) is 0 Å². The van der Waals surface area contributed by atoms with Crippen LogP contribution in [0.2, 0.25) is 0 Å². The maximum absolute atomic E-state index is 12.5. The zero-order chi connectivity index (χ0) is 17.8. The molecule has 25 heavy (non-hydrogen) atoms. The Hall–Kier alpha value is -2.80. The predicted molar refractivity (Wildman–Crippen MR) is 95.9 cm³/mol. The van der Waals surface area contributed by atoms with Crippen LogP contribution >= 0.6 is 11.8 Å². The Morgan fingerprint density at radius 2 is 1.88 bits per heavy atom. The van der Waals surface area contributed by atoms with Crippen LogP contribution in [-0.2, 0) is 14.3 Å². The van der Waals surface area contributed by atoms with Gasteiger partial charge in [-0.3, -0.25) is 14.5 Å². The van der Waals surface area contributed by atoms with Crippen molar-refractivity contribution in [1.82, 2.24) is 0 Å². The molecule has 2 aromatic carbocycles. The van der Waals surface area contributed by atoms with Crippen molar-refractivity contribution in [3.05, 3.63) is 54.1 Å². The minimum atomic E-state index is -0.562. The number of nitrogens with zero attached hydrogens (tertiary/aromatic N) is 1. The average molecular weight is 356 g/mol. The zero-order valence-corrected chi connectivity index (χ0v) is 14.3. The van der Waals surface area contributed by atoms with Gasteiger partial charge in [-0.25, -0.2) is 4.79 Å². The molecule has 2 amide bonds. The van der Waals surface area contributed by atoms with Crippen LogP contribution in [0.5, 0.6) is 0 Å². The number of carbonyl (C=O) groups is 3. The summed E-state index contributed by atoms with van der Waals surface area (Å²) < 4.78 is 5.16. The molecule has 0 aromatic heterocycles. The fourth-order valence-electron chi connectivity index (χ4n) is 2.55. The highest BCUT2D eigenvalue weighted by molar-refractivity contribution is 7.98. The van der Waals surface area contributed by atoms with E-state index in [9.17, 15) is 14.4 Å². The van der Waals surface area contributed by atoms with Gasteiger partial charge >= 0.3 is 5.97 Å². The number of rotatable bonds is 4. The fraction of sp³-hybridized carbons (Fsp3) is 0.167. The third kappa shape index (κ3) is 3.66. The quantitative estimate of drug-likeness (QED) is 0.673.